The number of likely N-dealkylation sites (N-methyl/N-ethyl adjacent to an activating group) is 1. The van der Waals surface area contributed by atoms with E-state index in [0.29, 0.717) is 29.8 Å². The number of Topliss-reactive ketones (excluding diaryl/α,β-unsaturated/α-hetero) is 1. The minimum Gasteiger partial charge on any atom is -0.503 e. The molecule has 0 radical (unpaired) electrons. The predicted octanol–water partition coefficient (Wildman–Crippen LogP) is 5.12. The average Bonchev–Trinajstić information content (AvgIpc) is 3.39. The zero-order valence-corrected chi connectivity index (χ0v) is 21.0. The first-order valence-corrected chi connectivity index (χ1v) is 12.0. The highest BCUT2D eigenvalue weighted by Crippen LogP contribution is 2.40. The molecule has 1 aliphatic heterocycles. The van der Waals surface area contributed by atoms with E-state index in [-0.39, 0.29) is 11.3 Å². The number of aliphatic hydroxyl groups excluding tert-OH is 1. The molecule has 2 heterocycles. The molecule has 2 aromatic carbocycles. The van der Waals surface area contributed by atoms with Crippen LogP contribution in [0.5, 0.6) is 5.75 Å². The third-order valence-corrected chi connectivity index (χ3v) is 6.71. The number of para-hydroxylation sites is 1. The number of aliphatic hydroxyl groups is 1. The number of methoxy groups -OCH3 is 1. The van der Waals surface area contributed by atoms with Gasteiger partial charge in [-0.1, -0.05) is 54.0 Å². The first-order valence-electron chi connectivity index (χ1n) is 11.2. The lowest BCUT2D eigenvalue weighted by atomic mass is 9.95. The number of halogens is 1. The van der Waals surface area contributed by atoms with Crippen LogP contribution in [0.4, 0.5) is 0 Å². The van der Waals surface area contributed by atoms with Crippen molar-refractivity contribution in [3.8, 4) is 5.75 Å². The number of hydrogen-bond acceptors (Lipinski definition) is 6. The van der Waals surface area contributed by atoms with Crippen molar-refractivity contribution in [1.29, 1.82) is 0 Å². The van der Waals surface area contributed by atoms with Crippen molar-refractivity contribution in [1.82, 2.24) is 9.80 Å². The van der Waals surface area contributed by atoms with E-state index in [4.69, 9.17) is 9.15 Å². The molecule has 0 bridgehead atoms. The number of hydrogen-bond donors (Lipinski definition) is 1. The van der Waals surface area contributed by atoms with E-state index < -0.39 is 23.5 Å². The van der Waals surface area contributed by atoms with Crippen LogP contribution in [-0.4, -0.2) is 59.9 Å². The number of furan rings is 1. The molecule has 0 fully saturated rings. The molecular weight excluding hydrogens is 500 g/mol. The van der Waals surface area contributed by atoms with Gasteiger partial charge in [0.05, 0.1) is 18.7 Å². The molecule has 0 unspecified atom stereocenters. The van der Waals surface area contributed by atoms with Crippen LogP contribution in [0.25, 0.3) is 11.0 Å². The molecule has 4 rings (SSSR count). The van der Waals surface area contributed by atoms with E-state index in [9.17, 15) is 14.7 Å². The SMILES string of the molecule is CCN(CC)CCN1C(=O)C(O)=C(C(=O)c2cc3cccc(OC)c3o2)[C@@H]1c1cccc(Br)c1. The first kappa shape index (κ1) is 24.0. The third kappa shape index (κ3) is 4.35. The van der Waals surface area contributed by atoms with Gasteiger partial charge in [-0.05, 0) is 42.9 Å². The van der Waals surface area contributed by atoms with E-state index in [1.165, 1.54) is 7.11 Å². The summed E-state index contributed by atoms with van der Waals surface area (Å²) >= 11 is 3.48. The summed E-state index contributed by atoms with van der Waals surface area (Å²) in [5.41, 5.74) is 1.18. The lowest BCUT2D eigenvalue weighted by molar-refractivity contribution is -0.129. The number of carbonyl (C=O) groups excluding carboxylic acids is 2. The number of ketones is 1. The van der Waals surface area contributed by atoms with Gasteiger partial charge in [-0.15, -0.1) is 0 Å². The number of carbonyl (C=O) groups is 2. The van der Waals surface area contributed by atoms with Crippen molar-refractivity contribution >= 4 is 38.6 Å². The summed E-state index contributed by atoms with van der Waals surface area (Å²) in [5, 5.41) is 11.6. The lowest BCUT2D eigenvalue weighted by Gasteiger charge is -2.29. The number of rotatable bonds is 9. The Bertz CT molecular complexity index is 1260. The topological polar surface area (TPSA) is 83.2 Å². The largest absolute Gasteiger partial charge is 0.503 e. The van der Waals surface area contributed by atoms with Crippen LogP contribution in [0.3, 0.4) is 0 Å². The molecule has 1 N–H and O–H groups in total. The molecule has 0 aliphatic carbocycles. The van der Waals surface area contributed by atoms with Crippen LogP contribution < -0.4 is 4.74 Å². The van der Waals surface area contributed by atoms with Crippen LogP contribution in [0, 0.1) is 0 Å². The highest BCUT2D eigenvalue weighted by molar-refractivity contribution is 9.10. The number of benzene rings is 2. The third-order valence-electron chi connectivity index (χ3n) is 6.22. The molecule has 1 amide bonds. The van der Waals surface area contributed by atoms with E-state index in [1.807, 2.05) is 30.3 Å². The number of nitrogens with zero attached hydrogens (tertiary/aromatic N) is 2. The van der Waals surface area contributed by atoms with Crippen LogP contribution in [-0.2, 0) is 4.79 Å². The quantitative estimate of drug-likeness (QED) is 0.389. The molecule has 178 valence electrons. The van der Waals surface area contributed by atoms with E-state index >= 15 is 0 Å². The minimum absolute atomic E-state index is 0.0145. The van der Waals surface area contributed by atoms with Crippen molar-refractivity contribution in [2.24, 2.45) is 0 Å². The molecule has 34 heavy (non-hydrogen) atoms. The van der Waals surface area contributed by atoms with Gasteiger partial charge in [0.15, 0.2) is 22.9 Å². The van der Waals surface area contributed by atoms with Crippen molar-refractivity contribution in [3.05, 3.63) is 75.7 Å². The maximum atomic E-state index is 13.7. The van der Waals surface area contributed by atoms with Gasteiger partial charge in [0.2, 0.25) is 5.78 Å². The van der Waals surface area contributed by atoms with E-state index in [0.717, 1.165) is 23.1 Å². The fourth-order valence-corrected chi connectivity index (χ4v) is 4.79. The summed E-state index contributed by atoms with van der Waals surface area (Å²) in [4.78, 5) is 30.6. The Morgan fingerprint density at radius 1 is 1.18 bits per heavy atom. The average molecular weight is 527 g/mol. The standard InChI is InChI=1S/C26H27BrN2O5/c1-4-28(5-2)12-13-29-22(16-8-6-10-18(27)14-16)21(24(31)26(29)32)23(30)20-15-17-9-7-11-19(33-3)25(17)34-20/h6-11,14-15,22,31H,4-5,12-13H2,1-3H3/t22-/m0/s1. The Kier molecular flexibility index (Phi) is 7.09. The van der Waals surface area contributed by atoms with Gasteiger partial charge in [-0.3, -0.25) is 9.59 Å². The summed E-state index contributed by atoms with van der Waals surface area (Å²) in [5.74, 6) is -1.09. The first-order chi connectivity index (χ1) is 16.4. The highest BCUT2D eigenvalue weighted by atomic mass is 79.9. The Balaban J connectivity index is 1.77. The van der Waals surface area contributed by atoms with Crippen LogP contribution >= 0.6 is 15.9 Å². The Morgan fingerprint density at radius 3 is 2.59 bits per heavy atom. The second-order valence-electron chi connectivity index (χ2n) is 8.06. The smallest absolute Gasteiger partial charge is 0.290 e. The normalized spacial score (nSPS) is 16.2. The van der Waals surface area contributed by atoms with Gasteiger partial charge in [0, 0.05) is 22.9 Å². The van der Waals surface area contributed by atoms with Crippen molar-refractivity contribution in [2.75, 3.05) is 33.3 Å². The molecule has 3 aromatic rings. The fourth-order valence-electron chi connectivity index (χ4n) is 4.37. The molecule has 7 nitrogen and oxygen atoms in total. The maximum Gasteiger partial charge on any atom is 0.290 e. The van der Waals surface area contributed by atoms with Gasteiger partial charge >= 0.3 is 0 Å². The summed E-state index contributed by atoms with van der Waals surface area (Å²) in [7, 11) is 1.53. The Hall–Kier alpha value is -3.10. The molecule has 1 atom stereocenters. The Labute approximate surface area is 206 Å². The predicted molar refractivity (Wildman–Crippen MR) is 133 cm³/mol. The molecule has 8 heteroatoms. The molecular formula is C26H27BrN2O5. The van der Waals surface area contributed by atoms with Crippen molar-refractivity contribution in [2.45, 2.75) is 19.9 Å². The molecule has 0 spiro atoms. The van der Waals surface area contributed by atoms with Crippen molar-refractivity contribution in [3.63, 3.8) is 0 Å². The maximum absolute atomic E-state index is 13.7. The van der Waals surface area contributed by atoms with E-state index in [1.54, 1.807) is 23.1 Å². The van der Waals surface area contributed by atoms with Crippen molar-refractivity contribution < 1.29 is 23.8 Å². The number of fused-ring (bicyclic) bond motifs is 1. The zero-order valence-electron chi connectivity index (χ0n) is 19.4. The number of amides is 1. The van der Waals surface area contributed by atoms with Crippen LogP contribution in [0.1, 0.15) is 36.0 Å². The summed E-state index contributed by atoms with van der Waals surface area (Å²) < 4.78 is 12.0. The molecule has 1 aliphatic rings. The molecule has 1 aromatic heterocycles. The van der Waals surface area contributed by atoms with E-state index in [2.05, 4.69) is 34.7 Å². The molecule has 0 saturated heterocycles. The fraction of sp³-hybridized carbons (Fsp3) is 0.308. The summed E-state index contributed by atoms with van der Waals surface area (Å²) in [6.07, 6.45) is 0. The highest BCUT2D eigenvalue weighted by Gasteiger charge is 2.44. The van der Waals surface area contributed by atoms with Gasteiger partial charge in [0.1, 0.15) is 0 Å². The Morgan fingerprint density at radius 2 is 1.91 bits per heavy atom. The van der Waals surface area contributed by atoms with Crippen LogP contribution in [0.2, 0.25) is 0 Å². The minimum atomic E-state index is -0.733. The van der Waals surface area contributed by atoms with Gasteiger partial charge in [-0.2, -0.15) is 0 Å². The lowest BCUT2D eigenvalue weighted by Crippen LogP contribution is -2.38. The second-order valence-corrected chi connectivity index (χ2v) is 8.98. The van der Waals surface area contributed by atoms with Gasteiger partial charge in [-0.25, -0.2) is 0 Å². The van der Waals surface area contributed by atoms with Gasteiger partial charge < -0.3 is 24.1 Å². The second kappa shape index (κ2) is 10.0. The zero-order chi connectivity index (χ0) is 24.4. The van der Waals surface area contributed by atoms with Gasteiger partial charge in [0.25, 0.3) is 5.91 Å². The summed E-state index contributed by atoms with van der Waals surface area (Å²) in [6, 6.07) is 13.7. The monoisotopic (exact) mass is 526 g/mol. The number of ether oxygens (including phenoxy) is 1. The molecule has 0 saturated carbocycles. The van der Waals surface area contributed by atoms with Crippen LogP contribution in [0.15, 0.2) is 68.8 Å². The summed E-state index contributed by atoms with van der Waals surface area (Å²) in [6.45, 7) is 6.79.